The van der Waals surface area contributed by atoms with Gasteiger partial charge in [0.1, 0.15) is 0 Å². The van der Waals surface area contributed by atoms with Crippen LogP contribution in [0.5, 0.6) is 0 Å². The number of nitrogens with zero attached hydrogens (tertiary/aromatic N) is 1. The Hall–Kier alpha value is -1.45. The third kappa shape index (κ3) is 5.52. The highest BCUT2D eigenvalue weighted by Gasteiger charge is 2.43. The van der Waals surface area contributed by atoms with Crippen molar-refractivity contribution in [1.29, 1.82) is 0 Å². The van der Waals surface area contributed by atoms with Crippen molar-refractivity contribution in [3.63, 3.8) is 0 Å². The molecule has 2 aromatic carbocycles. The summed E-state index contributed by atoms with van der Waals surface area (Å²) in [6.07, 6.45) is 2.02. The fourth-order valence-corrected chi connectivity index (χ4v) is 5.02. The van der Waals surface area contributed by atoms with E-state index < -0.39 is 13.3 Å². The monoisotopic (exact) mass is 361 g/mol. The average molecular weight is 361 g/mol. The van der Waals surface area contributed by atoms with E-state index in [9.17, 15) is 14.4 Å². The largest absolute Gasteiger partial charge is 0.403 e. The fraction of sp³-hybridized carbons (Fsp3) is 0.400. The van der Waals surface area contributed by atoms with Gasteiger partial charge in [-0.05, 0) is 51.2 Å². The van der Waals surface area contributed by atoms with Crippen LogP contribution in [0.4, 0.5) is 0 Å². The lowest BCUT2D eigenvalue weighted by atomic mass is 9.86. The quantitative estimate of drug-likeness (QED) is 0.683. The summed E-state index contributed by atoms with van der Waals surface area (Å²) in [5, 5.41) is 0. The highest BCUT2D eigenvalue weighted by Crippen LogP contribution is 2.49. The first-order valence-corrected chi connectivity index (χ1v) is 10.2. The van der Waals surface area contributed by atoms with Crippen molar-refractivity contribution in [3.05, 3.63) is 71.8 Å². The maximum Gasteiger partial charge on any atom is 0.403 e. The molecule has 5 heteroatoms. The van der Waals surface area contributed by atoms with Gasteiger partial charge in [-0.1, -0.05) is 60.7 Å². The predicted molar refractivity (Wildman–Crippen MR) is 102 cm³/mol. The zero-order chi connectivity index (χ0) is 18.5. The Labute approximate surface area is 150 Å². The lowest BCUT2D eigenvalue weighted by molar-refractivity contribution is 0.115. The van der Waals surface area contributed by atoms with Crippen molar-refractivity contribution in [2.45, 2.75) is 51.6 Å². The molecule has 136 valence electrons. The second kappa shape index (κ2) is 8.29. The summed E-state index contributed by atoms with van der Waals surface area (Å²) >= 11 is 0. The molecule has 0 saturated heterocycles. The van der Waals surface area contributed by atoms with Gasteiger partial charge in [0.2, 0.25) is 0 Å². The van der Waals surface area contributed by atoms with E-state index in [0.717, 1.165) is 12.0 Å². The summed E-state index contributed by atoms with van der Waals surface area (Å²) in [6, 6.07) is 19.7. The zero-order valence-electron chi connectivity index (χ0n) is 15.2. The summed E-state index contributed by atoms with van der Waals surface area (Å²) in [4.78, 5) is 20.0. The molecule has 0 saturated carbocycles. The van der Waals surface area contributed by atoms with E-state index in [4.69, 9.17) is 0 Å². The van der Waals surface area contributed by atoms with Gasteiger partial charge in [-0.15, -0.1) is 0 Å². The maximum absolute atomic E-state index is 12.2. The van der Waals surface area contributed by atoms with Crippen LogP contribution in [0.15, 0.2) is 60.7 Å². The van der Waals surface area contributed by atoms with E-state index in [1.54, 1.807) is 0 Å². The third-order valence-corrected chi connectivity index (χ3v) is 6.05. The van der Waals surface area contributed by atoms with Crippen LogP contribution in [-0.4, -0.2) is 26.0 Å². The summed E-state index contributed by atoms with van der Waals surface area (Å²) < 4.78 is 13.6. The molecule has 25 heavy (non-hydrogen) atoms. The minimum absolute atomic E-state index is 0.259. The average Bonchev–Trinajstić information content (AvgIpc) is 2.53. The molecule has 4 nitrogen and oxygen atoms in total. The molecule has 1 unspecified atom stereocenters. The number of hydrogen-bond donors (Lipinski definition) is 2. The molecule has 2 aromatic rings. The van der Waals surface area contributed by atoms with Crippen LogP contribution < -0.4 is 0 Å². The smallest absolute Gasteiger partial charge is 0.312 e. The van der Waals surface area contributed by atoms with Crippen LogP contribution in [-0.2, 0) is 17.4 Å². The number of hydrogen-bond acceptors (Lipinski definition) is 1. The molecule has 2 rings (SSSR count). The van der Waals surface area contributed by atoms with Crippen molar-refractivity contribution in [2.24, 2.45) is 0 Å². The molecular formula is C20H28NO3P. The van der Waals surface area contributed by atoms with Crippen LogP contribution in [0.3, 0.4) is 0 Å². The number of benzene rings is 2. The second-order valence-electron chi connectivity index (χ2n) is 7.10. The van der Waals surface area contributed by atoms with Gasteiger partial charge < -0.3 is 9.79 Å². The molecule has 0 aliphatic carbocycles. The minimum Gasteiger partial charge on any atom is -0.312 e. The molecule has 0 aliphatic rings. The van der Waals surface area contributed by atoms with Crippen molar-refractivity contribution < 1.29 is 14.4 Å². The SMILES string of the molecule is CC(C)N(C(C)(CCc1ccccc1)Cc1ccccc1)P(=O)(O)O. The van der Waals surface area contributed by atoms with Gasteiger partial charge in [-0.3, -0.25) is 0 Å². The van der Waals surface area contributed by atoms with Crippen molar-refractivity contribution >= 4 is 7.75 Å². The summed E-state index contributed by atoms with van der Waals surface area (Å²) in [7, 11) is -4.38. The van der Waals surface area contributed by atoms with Gasteiger partial charge in [0, 0.05) is 11.6 Å². The molecular weight excluding hydrogens is 333 g/mol. The molecule has 0 heterocycles. The number of aryl methyl sites for hydroxylation is 1. The number of rotatable bonds is 8. The molecule has 0 radical (unpaired) electrons. The molecule has 0 fully saturated rings. The Morgan fingerprint density at radius 3 is 1.88 bits per heavy atom. The van der Waals surface area contributed by atoms with Crippen LogP contribution in [0, 0.1) is 0 Å². The first-order chi connectivity index (χ1) is 11.7. The van der Waals surface area contributed by atoms with Gasteiger partial charge in [-0.2, -0.15) is 0 Å². The highest BCUT2D eigenvalue weighted by atomic mass is 31.2. The van der Waals surface area contributed by atoms with E-state index >= 15 is 0 Å². The summed E-state index contributed by atoms with van der Waals surface area (Å²) in [5.74, 6) is 0. The Morgan fingerprint density at radius 2 is 1.44 bits per heavy atom. The standard InChI is InChI=1S/C20H28NO3P/c1-17(2)21(25(22,23)24)20(3,16-19-12-8-5-9-13-19)15-14-18-10-6-4-7-11-18/h4-13,17H,14-16H2,1-3H3,(H2,22,23,24). The van der Waals surface area contributed by atoms with Gasteiger partial charge in [0.15, 0.2) is 0 Å². The molecule has 0 spiro atoms. The normalized spacial score (nSPS) is 14.7. The van der Waals surface area contributed by atoms with Gasteiger partial charge in [-0.25, -0.2) is 9.24 Å². The fourth-order valence-electron chi connectivity index (χ4n) is 3.62. The summed E-state index contributed by atoms with van der Waals surface area (Å²) in [6.45, 7) is 5.64. The molecule has 0 bridgehead atoms. The highest BCUT2D eigenvalue weighted by molar-refractivity contribution is 7.49. The molecule has 1 atom stereocenters. The van der Waals surface area contributed by atoms with Crippen molar-refractivity contribution in [3.8, 4) is 0 Å². The maximum atomic E-state index is 12.2. The predicted octanol–water partition coefficient (Wildman–Crippen LogP) is 4.42. The van der Waals surface area contributed by atoms with Crippen LogP contribution >= 0.6 is 7.75 Å². The Morgan fingerprint density at radius 1 is 0.960 bits per heavy atom. The molecule has 0 amide bonds. The van der Waals surface area contributed by atoms with E-state index in [1.807, 2.05) is 69.3 Å². The zero-order valence-corrected chi connectivity index (χ0v) is 16.1. The van der Waals surface area contributed by atoms with Crippen LogP contribution in [0.2, 0.25) is 0 Å². The van der Waals surface area contributed by atoms with Gasteiger partial charge in [0.25, 0.3) is 0 Å². The van der Waals surface area contributed by atoms with Crippen LogP contribution in [0.25, 0.3) is 0 Å². The van der Waals surface area contributed by atoms with Crippen molar-refractivity contribution in [1.82, 2.24) is 4.67 Å². The van der Waals surface area contributed by atoms with Crippen LogP contribution in [0.1, 0.15) is 38.3 Å². The summed E-state index contributed by atoms with van der Waals surface area (Å²) in [5.41, 5.74) is 1.61. The lowest BCUT2D eigenvalue weighted by Gasteiger charge is -2.44. The van der Waals surface area contributed by atoms with E-state index in [2.05, 4.69) is 12.1 Å². The van der Waals surface area contributed by atoms with E-state index in [1.165, 1.54) is 10.2 Å². The minimum atomic E-state index is -4.38. The molecule has 0 aliphatic heterocycles. The topological polar surface area (TPSA) is 60.8 Å². The second-order valence-corrected chi connectivity index (χ2v) is 8.55. The first-order valence-electron chi connectivity index (χ1n) is 8.65. The Bertz CT molecular complexity index is 699. The lowest BCUT2D eigenvalue weighted by Crippen LogP contribution is -2.49. The van der Waals surface area contributed by atoms with E-state index in [0.29, 0.717) is 12.8 Å². The third-order valence-electron chi connectivity index (χ3n) is 4.55. The Balaban J connectivity index is 2.33. The molecule has 2 N–H and O–H groups in total. The van der Waals surface area contributed by atoms with Gasteiger partial charge >= 0.3 is 7.75 Å². The van der Waals surface area contributed by atoms with Gasteiger partial charge in [0.05, 0.1) is 0 Å². The van der Waals surface area contributed by atoms with Crippen molar-refractivity contribution in [2.75, 3.05) is 0 Å². The first kappa shape index (κ1) is 19.9. The van der Waals surface area contributed by atoms with E-state index in [-0.39, 0.29) is 6.04 Å². The Kier molecular flexibility index (Phi) is 6.59. The molecule has 0 aromatic heterocycles.